The summed E-state index contributed by atoms with van der Waals surface area (Å²) in [6.45, 7) is 0. The number of carbonyl (C=O) groups is 2. The van der Waals surface area contributed by atoms with E-state index in [0.29, 0.717) is 22.8 Å². The van der Waals surface area contributed by atoms with E-state index in [-0.39, 0.29) is 11.6 Å². The molecule has 2 fully saturated rings. The largest absolute Gasteiger partial charge is 0.497 e. The summed E-state index contributed by atoms with van der Waals surface area (Å²) < 4.78 is 5.11. The van der Waals surface area contributed by atoms with Gasteiger partial charge in [0.1, 0.15) is 17.5 Å². The second-order valence-corrected chi connectivity index (χ2v) is 6.22. The molecule has 0 aromatic heterocycles. The maximum atomic E-state index is 12.7. The Hall–Kier alpha value is -1.35. The van der Waals surface area contributed by atoms with Crippen LogP contribution in [0.3, 0.4) is 0 Å². The smallest absolute Gasteiger partial charge is 0.154 e. The number of rotatable bonds is 2. The van der Waals surface area contributed by atoms with E-state index >= 15 is 0 Å². The zero-order chi connectivity index (χ0) is 14.3. The van der Waals surface area contributed by atoms with Gasteiger partial charge >= 0.3 is 0 Å². The standard InChI is InChI=1S/C16H17ClO3/c1-20-10-4-5-11(12(17)8-10)14-13(18)9-16(15(14)19)6-2-3-7-16/h4-5,8,14H,2-3,6-7,9H2,1H3. The minimum Gasteiger partial charge on any atom is -0.497 e. The van der Waals surface area contributed by atoms with E-state index in [1.165, 1.54) is 0 Å². The molecular weight excluding hydrogens is 276 g/mol. The van der Waals surface area contributed by atoms with Crippen LogP contribution < -0.4 is 4.74 Å². The average molecular weight is 293 g/mol. The summed E-state index contributed by atoms with van der Waals surface area (Å²) in [5, 5.41) is 0.436. The van der Waals surface area contributed by atoms with Gasteiger partial charge in [0.2, 0.25) is 0 Å². The molecule has 0 radical (unpaired) electrons. The highest BCUT2D eigenvalue weighted by Gasteiger charge is 2.54. The second kappa shape index (κ2) is 4.88. The quantitative estimate of drug-likeness (QED) is 0.783. The third-order valence-electron chi connectivity index (χ3n) is 4.70. The summed E-state index contributed by atoms with van der Waals surface area (Å²) in [7, 11) is 1.56. The Balaban J connectivity index is 1.98. The summed E-state index contributed by atoms with van der Waals surface area (Å²) >= 11 is 6.23. The van der Waals surface area contributed by atoms with Gasteiger partial charge in [-0.15, -0.1) is 0 Å². The van der Waals surface area contributed by atoms with E-state index in [4.69, 9.17) is 16.3 Å². The van der Waals surface area contributed by atoms with Gasteiger partial charge in [-0.1, -0.05) is 30.5 Å². The Kier molecular flexibility index (Phi) is 3.33. The molecule has 0 amide bonds. The number of methoxy groups -OCH3 is 1. The predicted octanol–water partition coefficient (Wildman–Crippen LogP) is 3.53. The van der Waals surface area contributed by atoms with Crippen LogP contribution in [-0.4, -0.2) is 18.7 Å². The summed E-state index contributed by atoms with van der Waals surface area (Å²) in [6.07, 6.45) is 4.17. The topological polar surface area (TPSA) is 43.4 Å². The lowest BCUT2D eigenvalue weighted by Gasteiger charge is -2.20. The Bertz CT molecular complexity index is 573. The van der Waals surface area contributed by atoms with Crippen LogP contribution in [0.4, 0.5) is 0 Å². The Morgan fingerprint density at radius 2 is 1.95 bits per heavy atom. The number of halogens is 1. The molecule has 2 aliphatic rings. The molecule has 20 heavy (non-hydrogen) atoms. The number of ketones is 2. The van der Waals surface area contributed by atoms with Gasteiger partial charge in [0.25, 0.3) is 0 Å². The lowest BCUT2D eigenvalue weighted by Crippen LogP contribution is -2.24. The van der Waals surface area contributed by atoms with Crippen molar-refractivity contribution in [1.82, 2.24) is 0 Å². The fourth-order valence-electron chi connectivity index (χ4n) is 3.63. The van der Waals surface area contributed by atoms with E-state index in [1.807, 2.05) is 0 Å². The van der Waals surface area contributed by atoms with Crippen molar-refractivity contribution in [3.8, 4) is 5.75 Å². The van der Waals surface area contributed by atoms with Gasteiger partial charge in [0.05, 0.1) is 7.11 Å². The molecule has 0 N–H and O–H groups in total. The summed E-state index contributed by atoms with van der Waals surface area (Å²) in [6, 6.07) is 5.16. The Labute approximate surface area is 123 Å². The van der Waals surface area contributed by atoms with E-state index in [9.17, 15) is 9.59 Å². The number of hydrogen-bond acceptors (Lipinski definition) is 3. The van der Waals surface area contributed by atoms with Crippen molar-refractivity contribution < 1.29 is 14.3 Å². The van der Waals surface area contributed by atoms with Gasteiger partial charge in [0, 0.05) is 16.9 Å². The first-order valence-electron chi connectivity index (χ1n) is 6.98. The van der Waals surface area contributed by atoms with E-state index in [2.05, 4.69) is 0 Å². The van der Waals surface area contributed by atoms with Crippen LogP contribution in [0.25, 0.3) is 0 Å². The minimum absolute atomic E-state index is 0.0176. The number of benzene rings is 1. The zero-order valence-electron chi connectivity index (χ0n) is 11.4. The van der Waals surface area contributed by atoms with Crippen molar-refractivity contribution in [2.75, 3.05) is 7.11 Å². The van der Waals surface area contributed by atoms with Gasteiger partial charge in [-0.3, -0.25) is 9.59 Å². The Morgan fingerprint density at radius 1 is 1.25 bits per heavy atom. The highest BCUT2D eigenvalue weighted by molar-refractivity contribution is 6.33. The van der Waals surface area contributed by atoms with Crippen LogP contribution in [0.2, 0.25) is 5.02 Å². The maximum Gasteiger partial charge on any atom is 0.154 e. The normalized spacial score (nSPS) is 24.6. The Morgan fingerprint density at radius 3 is 2.55 bits per heavy atom. The monoisotopic (exact) mass is 292 g/mol. The van der Waals surface area contributed by atoms with Gasteiger partial charge in [-0.25, -0.2) is 0 Å². The first-order valence-corrected chi connectivity index (χ1v) is 7.36. The molecule has 1 spiro atoms. The molecular formula is C16H17ClO3. The SMILES string of the molecule is COc1ccc(C2C(=O)CC3(CCCC3)C2=O)c(Cl)c1. The molecule has 2 aliphatic carbocycles. The highest BCUT2D eigenvalue weighted by Crippen LogP contribution is 2.52. The molecule has 1 atom stereocenters. The number of Topliss-reactive ketones (excluding diaryl/α,β-unsaturated/α-hetero) is 2. The van der Waals surface area contributed by atoms with Crippen LogP contribution >= 0.6 is 11.6 Å². The van der Waals surface area contributed by atoms with Gasteiger partial charge in [-0.2, -0.15) is 0 Å². The third-order valence-corrected chi connectivity index (χ3v) is 5.03. The van der Waals surface area contributed by atoms with Crippen molar-refractivity contribution in [2.45, 2.75) is 38.0 Å². The van der Waals surface area contributed by atoms with Gasteiger partial charge < -0.3 is 4.74 Å². The lowest BCUT2D eigenvalue weighted by atomic mass is 9.81. The average Bonchev–Trinajstić information content (AvgIpc) is 2.98. The molecule has 4 heteroatoms. The van der Waals surface area contributed by atoms with E-state index < -0.39 is 11.3 Å². The molecule has 1 aromatic carbocycles. The van der Waals surface area contributed by atoms with Crippen LogP contribution in [0, 0.1) is 5.41 Å². The van der Waals surface area contributed by atoms with Crippen LogP contribution in [0.5, 0.6) is 5.75 Å². The molecule has 0 heterocycles. The summed E-state index contributed by atoms with van der Waals surface area (Å²) in [4.78, 5) is 25.1. The number of carbonyl (C=O) groups excluding carboxylic acids is 2. The molecule has 1 unspecified atom stereocenters. The molecule has 0 saturated heterocycles. The fourth-order valence-corrected chi connectivity index (χ4v) is 3.91. The summed E-state index contributed by atoms with van der Waals surface area (Å²) in [5.41, 5.74) is 0.233. The summed E-state index contributed by atoms with van der Waals surface area (Å²) in [5.74, 6) is 0.0507. The second-order valence-electron chi connectivity index (χ2n) is 5.82. The fraction of sp³-hybridized carbons (Fsp3) is 0.500. The van der Waals surface area contributed by atoms with Gasteiger partial charge in [-0.05, 0) is 30.5 Å². The molecule has 106 valence electrons. The molecule has 1 aromatic rings. The first kappa shape index (κ1) is 13.6. The highest BCUT2D eigenvalue weighted by atomic mass is 35.5. The molecule has 3 nitrogen and oxygen atoms in total. The van der Waals surface area contributed by atoms with E-state index in [0.717, 1.165) is 25.7 Å². The lowest BCUT2D eigenvalue weighted by molar-refractivity contribution is -0.127. The van der Waals surface area contributed by atoms with Crippen molar-refractivity contribution >= 4 is 23.2 Å². The van der Waals surface area contributed by atoms with Crippen LogP contribution in [-0.2, 0) is 9.59 Å². The van der Waals surface area contributed by atoms with Crippen molar-refractivity contribution in [1.29, 1.82) is 0 Å². The van der Waals surface area contributed by atoms with E-state index in [1.54, 1.807) is 25.3 Å². The zero-order valence-corrected chi connectivity index (χ0v) is 12.2. The van der Waals surface area contributed by atoms with Crippen molar-refractivity contribution in [3.05, 3.63) is 28.8 Å². The maximum absolute atomic E-state index is 12.7. The third kappa shape index (κ3) is 1.96. The van der Waals surface area contributed by atoms with Crippen molar-refractivity contribution in [2.24, 2.45) is 5.41 Å². The minimum atomic E-state index is -0.675. The predicted molar refractivity (Wildman–Crippen MR) is 76.3 cm³/mol. The molecule has 2 saturated carbocycles. The molecule has 0 bridgehead atoms. The van der Waals surface area contributed by atoms with Gasteiger partial charge in [0.15, 0.2) is 5.78 Å². The van der Waals surface area contributed by atoms with Crippen LogP contribution in [0.1, 0.15) is 43.6 Å². The molecule has 0 aliphatic heterocycles. The molecule has 3 rings (SSSR count). The number of ether oxygens (including phenoxy) is 1. The van der Waals surface area contributed by atoms with Crippen molar-refractivity contribution in [3.63, 3.8) is 0 Å². The number of hydrogen-bond donors (Lipinski definition) is 0. The van der Waals surface area contributed by atoms with Crippen LogP contribution in [0.15, 0.2) is 18.2 Å². The first-order chi connectivity index (χ1) is 9.57.